The first-order chi connectivity index (χ1) is 8.65. The lowest BCUT2D eigenvalue weighted by atomic mass is 10.2. The molecular formula is C13H17IN2O2. The van der Waals surface area contributed by atoms with E-state index in [0.29, 0.717) is 12.1 Å². The first-order valence-corrected chi connectivity index (χ1v) is 7.07. The molecule has 1 saturated heterocycles. The van der Waals surface area contributed by atoms with E-state index in [1.54, 1.807) is 0 Å². The molecule has 5 heteroatoms. The maximum absolute atomic E-state index is 11.9. The van der Waals surface area contributed by atoms with E-state index in [2.05, 4.69) is 39.9 Å². The van der Waals surface area contributed by atoms with Gasteiger partial charge in [-0.3, -0.25) is 4.79 Å². The number of hydrogen-bond acceptors (Lipinski definition) is 3. The molecule has 1 amide bonds. The summed E-state index contributed by atoms with van der Waals surface area (Å²) < 4.78 is 6.72. The minimum absolute atomic E-state index is 0.0387. The summed E-state index contributed by atoms with van der Waals surface area (Å²) >= 11 is 2.22. The number of halogens is 1. The van der Waals surface area contributed by atoms with Gasteiger partial charge < -0.3 is 15.0 Å². The van der Waals surface area contributed by atoms with E-state index >= 15 is 0 Å². The molecule has 0 radical (unpaired) electrons. The number of ether oxygens (including phenoxy) is 1. The van der Waals surface area contributed by atoms with Crippen LogP contribution in [-0.2, 0) is 4.74 Å². The van der Waals surface area contributed by atoms with E-state index in [1.807, 2.05) is 24.3 Å². The van der Waals surface area contributed by atoms with Crippen LogP contribution in [0.4, 0.5) is 0 Å². The van der Waals surface area contributed by atoms with Gasteiger partial charge in [0.15, 0.2) is 0 Å². The van der Waals surface area contributed by atoms with Gasteiger partial charge in [-0.25, -0.2) is 0 Å². The average molecular weight is 360 g/mol. The van der Waals surface area contributed by atoms with Crippen molar-refractivity contribution in [3.8, 4) is 0 Å². The van der Waals surface area contributed by atoms with E-state index in [-0.39, 0.29) is 12.0 Å². The minimum atomic E-state index is -0.0387. The van der Waals surface area contributed by atoms with Crippen molar-refractivity contribution >= 4 is 28.5 Å². The van der Waals surface area contributed by atoms with Crippen molar-refractivity contribution in [2.45, 2.75) is 6.10 Å². The first kappa shape index (κ1) is 13.8. The molecule has 1 aliphatic rings. The lowest BCUT2D eigenvalue weighted by molar-refractivity contribution is -0.0175. The summed E-state index contributed by atoms with van der Waals surface area (Å²) in [6, 6.07) is 7.54. The quantitative estimate of drug-likeness (QED) is 0.828. The molecule has 1 aromatic rings. The fourth-order valence-electron chi connectivity index (χ4n) is 1.90. The van der Waals surface area contributed by atoms with Crippen LogP contribution in [0, 0.1) is 3.57 Å². The topological polar surface area (TPSA) is 41.6 Å². The summed E-state index contributed by atoms with van der Waals surface area (Å²) in [5.74, 6) is -0.0387. The molecule has 1 fully saturated rings. The molecule has 98 valence electrons. The van der Waals surface area contributed by atoms with Crippen molar-refractivity contribution in [1.82, 2.24) is 10.2 Å². The average Bonchev–Trinajstić information content (AvgIpc) is 2.37. The summed E-state index contributed by atoms with van der Waals surface area (Å²) in [7, 11) is 2.07. The Morgan fingerprint density at radius 3 is 2.89 bits per heavy atom. The van der Waals surface area contributed by atoms with Crippen LogP contribution >= 0.6 is 22.6 Å². The van der Waals surface area contributed by atoms with Gasteiger partial charge in [-0.2, -0.15) is 0 Å². The normalized spacial score (nSPS) is 20.7. The van der Waals surface area contributed by atoms with Gasteiger partial charge in [0.05, 0.1) is 12.7 Å². The standard InChI is InChI=1S/C13H17IN2O2/c1-16-6-7-18-12(9-16)8-15-13(17)10-2-4-11(14)5-3-10/h2-5,12H,6-9H2,1H3,(H,15,17). The maximum Gasteiger partial charge on any atom is 0.251 e. The van der Waals surface area contributed by atoms with Crippen molar-refractivity contribution in [1.29, 1.82) is 0 Å². The van der Waals surface area contributed by atoms with Crippen molar-refractivity contribution in [3.05, 3.63) is 33.4 Å². The summed E-state index contributed by atoms with van der Waals surface area (Å²) in [4.78, 5) is 14.1. The molecule has 0 spiro atoms. The Morgan fingerprint density at radius 2 is 2.22 bits per heavy atom. The molecule has 0 bridgehead atoms. The van der Waals surface area contributed by atoms with Crippen molar-refractivity contribution in [2.24, 2.45) is 0 Å². The number of nitrogens with zero attached hydrogens (tertiary/aromatic N) is 1. The largest absolute Gasteiger partial charge is 0.374 e. The van der Waals surface area contributed by atoms with Crippen molar-refractivity contribution in [2.75, 3.05) is 33.3 Å². The Kier molecular flexibility index (Phi) is 4.96. The number of amides is 1. The van der Waals surface area contributed by atoms with Gasteiger partial charge >= 0.3 is 0 Å². The highest BCUT2D eigenvalue weighted by Crippen LogP contribution is 2.07. The summed E-state index contributed by atoms with van der Waals surface area (Å²) in [6.07, 6.45) is 0.0940. The second-order valence-electron chi connectivity index (χ2n) is 4.47. The van der Waals surface area contributed by atoms with Gasteiger partial charge in [0, 0.05) is 28.8 Å². The van der Waals surface area contributed by atoms with E-state index in [0.717, 1.165) is 23.3 Å². The number of hydrogen-bond donors (Lipinski definition) is 1. The van der Waals surface area contributed by atoms with Gasteiger partial charge in [-0.1, -0.05) is 0 Å². The van der Waals surface area contributed by atoms with Crippen LogP contribution in [0.25, 0.3) is 0 Å². The maximum atomic E-state index is 11.9. The van der Waals surface area contributed by atoms with Crippen LogP contribution in [0.3, 0.4) is 0 Å². The van der Waals surface area contributed by atoms with Crippen molar-refractivity contribution < 1.29 is 9.53 Å². The Bertz CT molecular complexity index is 408. The van der Waals surface area contributed by atoms with Gasteiger partial charge in [0.2, 0.25) is 0 Å². The number of likely N-dealkylation sites (N-methyl/N-ethyl adjacent to an activating group) is 1. The predicted molar refractivity (Wildman–Crippen MR) is 78.7 cm³/mol. The highest BCUT2D eigenvalue weighted by atomic mass is 127. The number of nitrogens with one attached hydrogen (secondary N) is 1. The molecule has 1 aromatic carbocycles. The molecule has 1 aliphatic heterocycles. The Hall–Kier alpha value is -0.660. The third kappa shape index (κ3) is 3.93. The van der Waals surface area contributed by atoms with E-state index in [4.69, 9.17) is 4.74 Å². The van der Waals surface area contributed by atoms with Gasteiger partial charge in [-0.05, 0) is 53.9 Å². The van der Waals surface area contributed by atoms with Gasteiger partial charge in [-0.15, -0.1) is 0 Å². The fourth-order valence-corrected chi connectivity index (χ4v) is 2.26. The lowest BCUT2D eigenvalue weighted by Gasteiger charge is -2.30. The zero-order valence-corrected chi connectivity index (χ0v) is 12.5. The van der Waals surface area contributed by atoms with E-state index < -0.39 is 0 Å². The number of benzene rings is 1. The first-order valence-electron chi connectivity index (χ1n) is 5.99. The minimum Gasteiger partial charge on any atom is -0.374 e. The SMILES string of the molecule is CN1CCOC(CNC(=O)c2ccc(I)cc2)C1. The lowest BCUT2D eigenvalue weighted by Crippen LogP contribution is -2.45. The molecule has 1 atom stereocenters. The van der Waals surface area contributed by atoms with Crippen LogP contribution in [0.1, 0.15) is 10.4 Å². The molecule has 1 heterocycles. The van der Waals surface area contributed by atoms with Crippen LogP contribution in [-0.4, -0.2) is 50.2 Å². The summed E-state index contributed by atoms with van der Waals surface area (Å²) in [5.41, 5.74) is 0.694. The second-order valence-corrected chi connectivity index (χ2v) is 5.72. The highest BCUT2D eigenvalue weighted by molar-refractivity contribution is 14.1. The number of carbonyl (C=O) groups excluding carboxylic acids is 1. The van der Waals surface area contributed by atoms with Crippen LogP contribution in [0.5, 0.6) is 0 Å². The molecule has 4 nitrogen and oxygen atoms in total. The molecular weight excluding hydrogens is 343 g/mol. The zero-order valence-electron chi connectivity index (χ0n) is 10.4. The third-order valence-corrected chi connectivity index (χ3v) is 3.66. The number of carbonyl (C=O) groups is 1. The molecule has 1 unspecified atom stereocenters. The zero-order chi connectivity index (χ0) is 13.0. The molecule has 18 heavy (non-hydrogen) atoms. The van der Waals surface area contributed by atoms with Crippen LogP contribution < -0.4 is 5.32 Å². The summed E-state index contributed by atoms with van der Waals surface area (Å²) in [6.45, 7) is 3.13. The Balaban J connectivity index is 1.82. The Labute approximate surface area is 121 Å². The van der Waals surface area contributed by atoms with E-state index in [9.17, 15) is 4.79 Å². The van der Waals surface area contributed by atoms with Crippen molar-refractivity contribution in [3.63, 3.8) is 0 Å². The van der Waals surface area contributed by atoms with Crippen LogP contribution in [0.15, 0.2) is 24.3 Å². The summed E-state index contributed by atoms with van der Waals surface area (Å²) in [5, 5.41) is 2.92. The predicted octanol–water partition coefficient (Wildman–Crippen LogP) is 1.35. The molecule has 0 aromatic heterocycles. The second kappa shape index (κ2) is 6.49. The smallest absolute Gasteiger partial charge is 0.251 e. The van der Waals surface area contributed by atoms with E-state index in [1.165, 1.54) is 0 Å². The highest BCUT2D eigenvalue weighted by Gasteiger charge is 2.18. The molecule has 0 saturated carbocycles. The number of morpholine rings is 1. The van der Waals surface area contributed by atoms with Crippen LogP contribution in [0.2, 0.25) is 0 Å². The fraction of sp³-hybridized carbons (Fsp3) is 0.462. The molecule has 0 aliphatic carbocycles. The Morgan fingerprint density at radius 1 is 1.50 bits per heavy atom. The third-order valence-electron chi connectivity index (χ3n) is 2.94. The monoisotopic (exact) mass is 360 g/mol. The molecule has 2 rings (SSSR count). The van der Waals surface area contributed by atoms with Gasteiger partial charge in [0.1, 0.15) is 0 Å². The molecule has 1 N–H and O–H groups in total. The van der Waals surface area contributed by atoms with Gasteiger partial charge in [0.25, 0.3) is 5.91 Å². The number of rotatable bonds is 3.